The number of likely N-dealkylation sites (tertiary alicyclic amines) is 1. The molecule has 0 radical (unpaired) electrons. The fraction of sp³-hybridized carbons (Fsp3) is 0.938. The number of nitrogens with zero attached hydrogens (tertiary/aromatic N) is 3. The molecule has 0 aromatic rings. The molecule has 0 aromatic carbocycles. The summed E-state index contributed by atoms with van der Waals surface area (Å²) < 4.78 is 5.82. The molecule has 0 aromatic heterocycles. The topological polar surface area (TPSA) is 54.1 Å². The van der Waals surface area contributed by atoms with E-state index in [1.165, 1.54) is 12.8 Å². The Balaban J connectivity index is 0.00000242. The van der Waals surface area contributed by atoms with Crippen molar-refractivity contribution in [3.8, 4) is 0 Å². The Morgan fingerprint density at radius 3 is 2.59 bits per heavy atom. The van der Waals surface area contributed by atoms with E-state index in [2.05, 4.69) is 35.6 Å². The van der Waals surface area contributed by atoms with E-state index in [-0.39, 0.29) is 30.1 Å². The maximum atomic E-state index is 6.13. The summed E-state index contributed by atoms with van der Waals surface area (Å²) in [6.07, 6.45) is 2.64. The van der Waals surface area contributed by atoms with Crippen molar-refractivity contribution in [3.05, 3.63) is 0 Å². The third-order valence-electron chi connectivity index (χ3n) is 4.41. The van der Waals surface area contributed by atoms with E-state index in [9.17, 15) is 0 Å². The molecule has 0 spiro atoms. The van der Waals surface area contributed by atoms with Gasteiger partial charge in [0.15, 0.2) is 5.96 Å². The molecule has 130 valence electrons. The van der Waals surface area contributed by atoms with Gasteiger partial charge in [0.25, 0.3) is 0 Å². The lowest BCUT2D eigenvalue weighted by molar-refractivity contribution is -0.0262. The molecule has 5 nitrogen and oxygen atoms in total. The molecule has 6 heteroatoms. The van der Waals surface area contributed by atoms with Gasteiger partial charge in [0.1, 0.15) is 0 Å². The van der Waals surface area contributed by atoms with Gasteiger partial charge in [0.2, 0.25) is 0 Å². The van der Waals surface area contributed by atoms with Crippen LogP contribution in [-0.2, 0) is 4.74 Å². The summed E-state index contributed by atoms with van der Waals surface area (Å²) in [5.41, 5.74) is 6.13. The first-order valence-corrected chi connectivity index (χ1v) is 8.43. The molecule has 0 bridgehead atoms. The normalized spacial score (nSPS) is 25.4. The van der Waals surface area contributed by atoms with Gasteiger partial charge in [0, 0.05) is 32.7 Å². The maximum Gasteiger partial charge on any atom is 0.191 e. The monoisotopic (exact) mass is 424 g/mol. The molecular weight excluding hydrogens is 391 g/mol. The molecule has 0 amide bonds. The third-order valence-corrected chi connectivity index (χ3v) is 4.41. The fourth-order valence-electron chi connectivity index (χ4n) is 3.11. The first kappa shape index (κ1) is 20.0. The minimum atomic E-state index is 0. The highest BCUT2D eigenvalue weighted by Crippen LogP contribution is 2.15. The molecule has 2 saturated heterocycles. The first-order valence-electron chi connectivity index (χ1n) is 8.43. The molecule has 1 atom stereocenters. The van der Waals surface area contributed by atoms with Crippen molar-refractivity contribution in [2.45, 2.75) is 39.7 Å². The molecule has 2 rings (SSSR count). The van der Waals surface area contributed by atoms with Crippen LogP contribution in [0.1, 0.15) is 33.6 Å². The number of nitrogens with two attached hydrogens (primary N) is 1. The van der Waals surface area contributed by atoms with Crippen LogP contribution < -0.4 is 5.73 Å². The van der Waals surface area contributed by atoms with Crippen LogP contribution in [-0.4, -0.2) is 67.7 Å². The van der Waals surface area contributed by atoms with Crippen LogP contribution in [0.5, 0.6) is 0 Å². The number of piperidine rings is 1. The van der Waals surface area contributed by atoms with Crippen LogP contribution in [0.2, 0.25) is 0 Å². The average Bonchev–Trinajstić information content (AvgIpc) is 2.45. The molecule has 0 aliphatic carbocycles. The van der Waals surface area contributed by atoms with Gasteiger partial charge < -0.3 is 15.4 Å². The minimum absolute atomic E-state index is 0. The van der Waals surface area contributed by atoms with Crippen molar-refractivity contribution in [3.63, 3.8) is 0 Å². The van der Waals surface area contributed by atoms with E-state index >= 15 is 0 Å². The Labute approximate surface area is 152 Å². The molecule has 2 heterocycles. The van der Waals surface area contributed by atoms with Gasteiger partial charge in [-0.05, 0) is 24.7 Å². The third kappa shape index (κ3) is 6.58. The number of halogens is 1. The molecule has 2 fully saturated rings. The van der Waals surface area contributed by atoms with E-state index in [1.807, 2.05) is 0 Å². The highest BCUT2D eigenvalue weighted by atomic mass is 127. The molecule has 2 aliphatic heterocycles. The van der Waals surface area contributed by atoms with Crippen molar-refractivity contribution in [1.82, 2.24) is 9.80 Å². The zero-order valence-corrected chi connectivity index (χ0v) is 16.7. The van der Waals surface area contributed by atoms with E-state index in [0.29, 0.717) is 18.4 Å². The number of guanidine groups is 1. The van der Waals surface area contributed by atoms with E-state index in [0.717, 1.165) is 45.2 Å². The van der Waals surface area contributed by atoms with Gasteiger partial charge >= 0.3 is 0 Å². The fourth-order valence-corrected chi connectivity index (χ4v) is 3.11. The van der Waals surface area contributed by atoms with Gasteiger partial charge in [-0.1, -0.05) is 20.8 Å². The van der Waals surface area contributed by atoms with Gasteiger partial charge in [-0.15, -0.1) is 24.0 Å². The second kappa shape index (κ2) is 9.93. The Kier molecular flexibility index (Phi) is 9.01. The van der Waals surface area contributed by atoms with Gasteiger partial charge in [-0.2, -0.15) is 0 Å². The van der Waals surface area contributed by atoms with Crippen molar-refractivity contribution in [1.29, 1.82) is 0 Å². The second-order valence-electron chi connectivity index (χ2n) is 7.01. The van der Waals surface area contributed by atoms with Crippen LogP contribution in [0.15, 0.2) is 4.99 Å². The Bertz CT molecular complexity index is 343. The summed E-state index contributed by atoms with van der Waals surface area (Å²) in [6.45, 7) is 13.6. The van der Waals surface area contributed by atoms with Crippen LogP contribution >= 0.6 is 24.0 Å². The zero-order chi connectivity index (χ0) is 15.2. The number of rotatable bonds is 4. The second-order valence-corrected chi connectivity index (χ2v) is 7.01. The number of ether oxygens (including phenoxy) is 1. The smallest absolute Gasteiger partial charge is 0.191 e. The molecule has 1 unspecified atom stereocenters. The Hall–Kier alpha value is -0.0800. The van der Waals surface area contributed by atoms with E-state index in [1.54, 1.807) is 0 Å². The van der Waals surface area contributed by atoms with E-state index < -0.39 is 0 Å². The molecule has 22 heavy (non-hydrogen) atoms. The van der Waals surface area contributed by atoms with Gasteiger partial charge in [0.05, 0.1) is 19.3 Å². The average molecular weight is 424 g/mol. The molecular formula is C16H33IN4O. The van der Waals surface area contributed by atoms with Crippen molar-refractivity contribution < 1.29 is 4.74 Å². The number of morpholine rings is 1. The van der Waals surface area contributed by atoms with Crippen molar-refractivity contribution in [2.24, 2.45) is 22.6 Å². The summed E-state index contributed by atoms with van der Waals surface area (Å²) in [4.78, 5) is 9.28. The summed E-state index contributed by atoms with van der Waals surface area (Å²) in [5.74, 6) is 2.22. The highest BCUT2D eigenvalue weighted by Gasteiger charge is 2.21. The number of aliphatic imine (C=N–C) groups is 1. The number of hydrogen-bond donors (Lipinski definition) is 1. The quantitative estimate of drug-likeness (QED) is 0.426. The minimum Gasteiger partial charge on any atom is -0.374 e. The Morgan fingerprint density at radius 2 is 1.95 bits per heavy atom. The largest absolute Gasteiger partial charge is 0.374 e. The first-order chi connectivity index (χ1) is 10.0. The summed E-state index contributed by atoms with van der Waals surface area (Å²) in [6, 6.07) is 0. The van der Waals surface area contributed by atoms with E-state index in [4.69, 9.17) is 10.5 Å². The standard InChI is InChI=1S/C16H32N4O.HI/c1-13(2)11-19-8-9-21-15(12-19)10-18-16(17)20-6-4-14(3)5-7-20;/h13-15H,4-12H2,1-3H3,(H2,17,18);1H. The summed E-state index contributed by atoms with van der Waals surface area (Å²) >= 11 is 0. The summed E-state index contributed by atoms with van der Waals surface area (Å²) in [7, 11) is 0. The molecule has 0 saturated carbocycles. The predicted molar refractivity (Wildman–Crippen MR) is 103 cm³/mol. The number of hydrogen-bond acceptors (Lipinski definition) is 3. The van der Waals surface area contributed by atoms with Crippen LogP contribution in [0, 0.1) is 11.8 Å². The van der Waals surface area contributed by atoms with Crippen LogP contribution in [0.3, 0.4) is 0 Å². The predicted octanol–water partition coefficient (Wildman–Crippen LogP) is 2.01. The lowest BCUT2D eigenvalue weighted by Crippen LogP contribution is -2.46. The molecule has 2 N–H and O–H groups in total. The van der Waals surface area contributed by atoms with Crippen molar-refractivity contribution in [2.75, 3.05) is 45.9 Å². The maximum absolute atomic E-state index is 6.13. The lowest BCUT2D eigenvalue weighted by atomic mass is 10.00. The van der Waals surface area contributed by atoms with Gasteiger partial charge in [-0.3, -0.25) is 9.89 Å². The SMILES string of the molecule is CC(C)CN1CCOC(CN=C(N)N2CCC(C)CC2)C1.I. The summed E-state index contributed by atoms with van der Waals surface area (Å²) in [5, 5.41) is 0. The van der Waals surface area contributed by atoms with Crippen LogP contribution in [0.4, 0.5) is 0 Å². The highest BCUT2D eigenvalue weighted by molar-refractivity contribution is 14.0. The lowest BCUT2D eigenvalue weighted by Gasteiger charge is -2.34. The molecule has 2 aliphatic rings. The Morgan fingerprint density at radius 1 is 1.27 bits per heavy atom. The van der Waals surface area contributed by atoms with Crippen molar-refractivity contribution >= 4 is 29.9 Å². The zero-order valence-electron chi connectivity index (χ0n) is 14.3. The van der Waals surface area contributed by atoms with Crippen LogP contribution in [0.25, 0.3) is 0 Å². The van der Waals surface area contributed by atoms with Gasteiger partial charge in [-0.25, -0.2) is 0 Å².